The van der Waals surface area contributed by atoms with E-state index in [0.29, 0.717) is 6.04 Å². The molecule has 0 radical (unpaired) electrons. The number of aromatic nitrogens is 4. The fourth-order valence-electron chi connectivity index (χ4n) is 1.67. The lowest BCUT2D eigenvalue weighted by Crippen LogP contribution is -2.19. The van der Waals surface area contributed by atoms with Crippen LogP contribution in [0.4, 0.5) is 0 Å². The van der Waals surface area contributed by atoms with Crippen molar-refractivity contribution in [1.82, 2.24) is 25.3 Å². The van der Waals surface area contributed by atoms with Crippen LogP contribution in [0.3, 0.4) is 0 Å². The van der Waals surface area contributed by atoms with E-state index in [0.717, 1.165) is 13.1 Å². The topological polar surface area (TPSA) is 58.5 Å². The van der Waals surface area contributed by atoms with E-state index in [-0.39, 0.29) is 0 Å². The lowest BCUT2D eigenvalue weighted by atomic mass is 10.2. The summed E-state index contributed by atoms with van der Waals surface area (Å²) in [7, 11) is 0. The number of nitrogens with one attached hydrogen (secondary N) is 2. The lowest BCUT2D eigenvalue weighted by molar-refractivity contribution is 0.532. The Balaban J connectivity index is 1.92. The molecule has 5 nitrogen and oxygen atoms in total. The van der Waals surface area contributed by atoms with Gasteiger partial charge >= 0.3 is 0 Å². The summed E-state index contributed by atoms with van der Waals surface area (Å²) in [5.74, 6) is 0. The Hall–Kier alpha value is -1.62. The Bertz CT molecular complexity index is 417. The molecule has 2 rings (SSSR count). The molecule has 0 fully saturated rings. The molecule has 0 aliphatic carbocycles. The fraction of sp³-hybridized carbons (Fsp3) is 0.455. The van der Waals surface area contributed by atoms with Crippen molar-refractivity contribution in [2.45, 2.75) is 33.0 Å². The maximum Gasteiger partial charge on any atom is 0.0534 e. The second kappa shape index (κ2) is 4.94. The van der Waals surface area contributed by atoms with Gasteiger partial charge in [0, 0.05) is 37.1 Å². The van der Waals surface area contributed by atoms with Gasteiger partial charge < -0.3 is 5.32 Å². The van der Waals surface area contributed by atoms with E-state index in [1.165, 1.54) is 11.3 Å². The minimum atomic E-state index is 0.291. The van der Waals surface area contributed by atoms with Crippen LogP contribution in [0.5, 0.6) is 0 Å². The van der Waals surface area contributed by atoms with Gasteiger partial charge in [-0.15, -0.1) is 0 Å². The highest BCUT2D eigenvalue weighted by atomic mass is 15.3. The number of hydrogen-bond donors (Lipinski definition) is 2. The molecule has 0 spiro atoms. The molecule has 0 saturated carbocycles. The Morgan fingerprint density at radius 2 is 2.44 bits per heavy atom. The average molecular weight is 219 g/mol. The Labute approximate surface area is 94.9 Å². The number of aryl methyl sites for hydroxylation is 1. The van der Waals surface area contributed by atoms with Crippen molar-refractivity contribution in [3.8, 4) is 0 Å². The van der Waals surface area contributed by atoms with Crippen LogP contribution in [-0.4, -0.2) is 20.0 Å². The second-order valence-electron chi connectivity index (χ2n) is 3.77. The molecule has 86 valence electrons. The average Bonchev–Trinajstić information content (AvgIpc) is 2.96. The summed E-state index contributed by atoms with van der Waals surface area (Å²) in [6, 6.07) is 2.33. The first-order chi connectivity index (χ1) is 7.81. The van der Waals surface area contributed by atoms with Gasteiger partial charge in [-0.05, 0) is 19.9 Å². The van der Waals surface area contributed by atoms with Crippen LogP contribution in [0.25, 0.3) is 0 Å². The molecule has 0 amide bonds. The highest BCUT2D eigenvalue weighted by Crippen LogP contribution is 2.10. The van der Waals surface area contributed by atoms with Gasteiger partial charge in [0.15, 0.2) is 0 Å². The molecule has 0 aliphatic heterocycles. The van der Waals surface area contributed by atoms with Crippen LogP contribution in [0.2, 0.25) is 0 Å². The van der Waals surface area contributed by atoms with Gasteiger partial charge in [0.25, 0.3) is 0 Å². The van der Waals surface area contributed by atoms with Gasteiger partial charge in [-0.3, -0.25) is 9.78 Å². The zero-order valence-corrected chi connectivity index (χ0v) is 9.64. The first-order valence-corrected chi connectivity index (χ1v) is 5.54. The number of aromatic amines is 1. The Morgan fingerprint density at radius 3 is 3.12 bits per heavy atom. The minimum Gasteiger partial charge on any atom is -0.304 e. The van der Waals surface area contributed by atoms with Gasteiger partial charge in [-0.1, -0.05) is 0 Å². The van der Waals surface area contributed by atoms with E-state index in [9.17, 15) is 0 Å². The second-order valence-corrected chi connectivity index (χ2v) is 3.77. The molecule has 1 atom stereocenters. The largest absolute Gasteiger partial charge is 0.304 e. The van der Waals surface area contributed by atoms with E-state index in [1.807, 2.05) is 29.3 Å². The molecule has 2 N–H and O–H groups in total. The van der Waals surface area contributed by atoms with E-state index < -0.39 is 0 Å². The van der Waals surface area contributed by atoms with E-state index in [1.54, 1.807) is 0 Å². The first-order valence-electron chi connectivity index (χ1n) is 5.54. The van der Waals surface area contributed by atoms with Crippen molar-refractivity contribution in [2.24, 2.45) is 0 Å². The SMILES string of the molecule is CCn1nccc1CNC(C)c1cn[nH]c1. The molecule has 2 aromatic heterocycles. The van der Waals surface area contributed by atoms with Crippen LogP contribution in [0.15, 0.2) is 24.7 Å². The molecule has 5 heteroatoms. The van der Waals surface area contributed by atoms with Gasteiger partial charge in [0.1, 0.15) is 0 Å². The molecular formula is C11H17N5. The molecule has 0 bridgehead atoms. The molecule has 16 heavy (non-hydrogen) atoms. The highest BCUT2D eigenvalue weighted by molar-refractivity contribution is 5.09. The Kier molecular flexibility index (Phi) is 3.36. The summed E-state index contributed by atoms with van der Waals surface area (Å²) >= 11 is 0. The van der Waals surface area contributed by atoms with Gasteiger partial charge in [0.05, 0.1) is 11.9 Å². The standard InChI is InChI=1S/C11H17N5/c1-3-16-11(4-5-15-16)8-12-9(2)10-6-13-14-7-10/h4-7,9,12H,3,8H2,1-2H3,(H,13,14). The minimum absolute atomic E-state index is 0.291. The summed E-state index contributed by atoms with van der Waals surface area (Å²) in [6.07, 6.45) is 5.59. The fourth-order valence-corrected chi connectivity index (χ4v) is 1.67. The third-order valence-electron chi connectivity index (χ3n) is 2.71. The number of hydrogen-bond acceptors (Lipinski definition) is 3. The van der Waals surface area contributed by atoms with Gasteiger partial charge in [0.2, 0.25) is 0 Å². The van der Waals surface area contributed by atoms with Crippen molar-refractivity contribution in [2.75, 3.05) is 0 Å². The van der Waals surface area contributed by atoms with E-state index in [2.05, 4.69) is 34.5 Å². The first kappa shape index (κ1) is 10.9. The molecule has 0 aliphatic rings. The van der Waals surface area contributed by atoms with Gasteiger partial charge in [-0.25, -0.2) is 0 Å². The summed E-state index contributed by atoms with van der Waals surface area (Å²) in [4.78, 5) is 0. The van der Waals surface area contributed by atoms with Crippen LogP contribution < -0.4 is 5.32 Å². The van der Waals surface area contributed by atoms with Crippen LogP contribution in [-0.2, 0) is 13.1 Å². The highest BCUT2D eigenvalue weighted by Gasteiger charge is 2.07. The van der Waals surface area contributed by atoms with Crippen molar-refractivity contribution in [3.63, 3.8) is 0 Å². The maximum absolute atomic E-state index is 4.23. The van der Waals surface area contributed by atoms with E-state index in [4.69, 9.17) is 0 Å². The predicted octanol–water partition coefficient (Wildman–Crippen LogP) is 1.48. The Morgan fingerprint density at radius 1 is 1.56 bits per heavy atom. The number of H-pyrrole nitrogens is 1. The van der Waals surface area contributed by atoms with Gasteiger partial charge in [-0.2, -0.15) is 10.2 Å². The summed E-state index contributed by atoms with van der Waals surface area (Å²) < 4.78 is 2.00. The zero-order valence-electron chi connectivity index (χ0n) is 9.64. The molecule has 0 aromatic carbocycles. The summed E-state index contributed by atoms with van der Waals surface area (Å²) in [5.41, 5.74) is 2.38. The van der Waals surface area contributed by atoms with Crippen molar-refractivity contribution >= 4 is 0 Å². The van der Waals surface area contributed by atoms with E-state index >= 15 is 0 Å². The third kappa shape index (κ3) is 2.30. The maximum atomic E-state index is 4.23. The summed E-state index contributed by atoms with van der Waals surface area (Å²) in [6.45, 7) is 5.94. The molecule has 0 saturated heterocycles. The normalized spacial score (nSPS) is 12.9. The number of rotatable bonds is 5. The van der Waals surface area contributed by atoms with Crippen LogP contribution in [0, 0.1) is 0 Å². The van der Waals surface area contributed by atoms with Crippen LogP contribution in [0.1, 0.15) is 31.1 Å². The molecule has 2 heterocycles. The monoisotopic (exact) mass is 219 g/mol. The molecular weight excluding hydrogens is 202 g/mol. The molecule has 2 aromatic rings. The number of nitrogens with zero attached hydrogens (tertiary/aromatic N) is 3. The van der Waals surface area contributed by atoms with Crippen molar-refractivity contribution in [1.29, 1.82) is 0 Å². The van der Waals surface area contributed by atoms with Crippen molar-refractivity contribution in [3.05, 3.63) is 35.9 Å². The molecule has 1 unspecified atom stereocenters. The van der Waals surface area contributed by atoms with Crippen molar-refractivity contribution < 1.29 is 0 Å². The zero-order chi connectivity index (χ0) is 11.4. The smallest absolute Gasteiger partial charge is 0.0534 e. The predicted molar refractivity (Wildman–Crippen MR) is 61.7 cm³/mol. The summed E-state index contributed by atoms with van der Waals surface area (Å²) in [5, 5.41) is 14.4. The third-order valence-corrected chi connectivity index (χ3v) is 2.71. The van der Waals surface area contributed by atoms with Crippen LogP contribution >= 0.6 is 0 Å². The lowest BCUT2D eigenvalue weighted by Gasteiger charge is -2.12. The quantitative estimate of drug-likeness (QED) is 0.800.